The molecule has 0 saturated carbocycles. The summed E-state index contributed by atoms with van der Waals surface area (Å²) in [5, 5.41) is -1.16. The van der Waals surface area contributed by atoms with E-state index >= 15 is 4.79 Å². The van der Waals surface area contributed by atoms with Gasteiger partial charge in [-0.05, 0) is 72.3 Å². The van der Waals surface area contributed by atoms with E-state index in [4.69, 9.17) is 14.3 Å². The molecule has 0 bridgehead atoms. The van der Waals surface area contributed by atoms with E-state index in [-0.39, 0.29) is 43.7 Å². The van der Waals surface area contributed by atoms with E-state index in [1.54, 1.807) is 24.3 Å². The first-order valence-corrected chi connectivity index (χ1v) is 17.7. The number of thioether (sulfide) groups is 1. The van der Waals surface area contributed by atoms with E-state index in [0.717, 1.165) is 18.2 Å². The number of pyridine rings is 1. The molecule has 0 unspecified atom stereocenters. The number of alkyl halides is 3. The highest BCUT2D eigenvalue weighted by Gasteiger charge is 2.31. The van der Waals surface area contributed by atoms with Gasteiger partial charge in [0.25, 0.3) is 0 Å². The standard InChI is InChI=1S/C41H40F5N3O3S/c1-27-6-15-34-36(22-27)49(39(23-37(34)50)53-26-31-4-3-5-35(42)40(31)43)25-38(51)48(33-16-18-47(19-17-33)20-21-52-2)24-28-7-9-29(10-8-28)30-11-13-32(14-12-30)41(44,45)46/h3-15,22-23,33H,16-21,24-26H2,1-2H3/i2D3,6D,15D,22D,23D,25D2. The Morgan fingerprint density at radius 2 is 1.72 bits per heavy atom. The molecule has 6 nitrogen and oxygen atoms in total. The van der Waals surface area contributed by atoms with Crippen LogP contribution in [0.25, 0.3) is 22.0 Å². The summed E-state index contributed by atoms with van der Waals surface area (Å²) in [6.07, 6.45) is -3.98. The van der Waals surface area contributed by atoms with Crippen LogP contribution in [0.3, 0.4) is 0 Å². The number of benzene rings is 4. The summed E-state index contributed by atoms with van der Waals surface area (Å²) in [5.41, 5.74) is -1.30. The van der Waals surface area contributed by atoms with E-state index in [1.807, 2.05) is 4.90 Å². The fourth-order valence-corrected chi connectivity index (χ4v) is 7.10. The maximum atomic E-state index is 15.1. The number of nitrogens with zero attached hydrogens (tertiary/aromatic N) is 3. The summed E-state index contributed by atoms with van der Waals surface area (Å²) in [7, 11) is -2.59. The van der Waals surface area contributed by atoms with Crippen LogP contribution in [-0.2, 0) is 34.5 Å². The average molecular weight is 759 g/mol. The van der Waals surface area contributed by atoms with Crippen LogP contribution in [0.15, 0.2) is 101 Å². The van der Waals surface area contributed by atoms with Gasteiger partial charge in [0.1, 0.15) is 6.50 Å². The van der Waals surface area contributed by atoms with Crippen LogP contribution in [-0.4, -0.2) is 59.6 Å². The molecular formula is C41H40F5N3O3S. The molecule has 1 saturated heterocycles. The number of methoxy groups -OCH3 is 1. The minimum absolute atomic E-state index is 0.0978. The van der Waals surface area contributed by atoms with Crippen molar-refractivity contribution in [3.8, 4) is 11.1 Å². The van der Waals surface area contributed by atoms with E-state index in [9.17, 15) is 29.5 Å². The van der Waals surface area contributed by atoms with E-state index in [1.165, 1.54) is 36.1 Å². The molecule has 1 aliphatic rings. The number of halogens is 5. The maximum Gasteiger partial charge on any atom is 0.416 e. The third-order valence-corrected chi connectivity index (χ3v) is 10.0. The average Bonchev–Trinajstić information content (AvgIpc) is 3.22. The molecule has 2 heterocycles. The van der Waals surface area contributed by atoms with Gasteiger partial charge >= 0.3 is 6.18 Å². The lowest BCUT2D eigenvalue weighted by atomic mass is 10.00. The Hall–Kier alpha value is -4.52. The number of carbonyl (C=O) groups is 1. The molecule has 4 aromatic carbocycles. The number of likely N-dealkylation sites (tertiary alicyclic amines) is 1. The summed E-state index contributed by atoms with van der Waals surface area (Å²) >= 11 is 0.556. The zero-order chi connectivity index (χ0) is 45.5. The molecule has 0 spiro atoms. The summed E-state index contributed by atoms with van der Waals surface area (Å²) in [6, 6.07) is 11.1. The van der Waals surface area contributed by atoms with Crippen molar-refractivity contribution in [3.63, 3.8) is 0 Å². The first kappa shape index (κ1) is 28.0. The number of piperidine rings is 1. The molecule has 278 valence electrons. The van der Waals surface area contributed by atoms with Crippen molar-refractivity contribution in [1.82, 2.24) is 14.4 Å². The SMILES string of the molecule is [2H]c1c(C)c([2H])c2c(c1[2H])c(=O)c([2H])c(SCc1cccc(F)c1F)n2C([2H])([2H])C(=O)N(Cc1ccc(-c2ccc(C(F)(F)F)cc2)cc1)C1CCN(CCOC([2H])([2H])[2H])CC1. The van der Waals surface area contributed by atoms with Crippen molar-refractivity contribution < 1.29 is 43.8 Å². The Morgan fingerprint density at radius 3 is 2.40 bits per heavy atom. The largest absolute Gasteiger partial charge is 0.416 e. The Kier molecular flexibility index (Phi) is 8.80. The Morgan fingerprint density at radius 1 is 1.02 bits per heavy atom. The van der Waals surface area contributed by atoms with Crippen LogP contribution < -0.4 is 5.43 Å². The molecule has 0 atom stereocenters. The number of fused-ring (bicyclic) bond motifs is 1. The topological polar surface area (TPSA) is 54.8 Å². The van der Waals surface area contributed by atoms with Gasteiger partial charge < -0.3 is 19.1 Å². The van der Waals surface area contributed by atoms with E-state index in [0.29, 0.717) is 46.1 Å². The summed E-state index contributed by atoms with van der Waals surface area (Å²) < 4.78 is 150. The monoisotopic (exact) mass is 758 g/mol. The molecule has 1 fully saturated rings. The predicted octanol–water partition coefficient (Wildman–Crippen LogP) is 8.71. The number of hydrogen-bond acceptors (Lipinski definition) is 5. The second kappa shape index (κ2) is 16.7. The molecule has 5 aromatic rings. The van der Waals surface area contributed by atoms with Crippen molar-refractivity contribution in [2.45, 2.75) is 55.8 Å². The van der Waals surface area contributed by atoms with Gasteiger partial charge in [0, 0.05) is 62.0 Å². The lowest BCUT2D eigenvalue weighted by Crippen LogP contribution is -2.48. The van der Waals surface area contributed by atoms with Gasteiger partial charge in [0.15, 0.2) is 17.1 Å². The molecule has 0 radical (unpaired) electrons. The van der Waals surface area contributed by atoms with Crippen molar-refractivity contribution >= 4 is 28.6 Å². The van der Waals surface area contributed by atoms with Gasteiger partial charge in [-0.1, -0.05) is 54.6 Å². The fourth-order valence-electron chi connectivity index (χ4n) is 6.16. The van der Waals surface area contributed by atoms with E-state index in [2.05, 4.69) is 0 Å². The number of rotatable bonds is 12. The number of carbonyl (C=O) groups excluding carboxylic acids is 1. The normalized spacial score (nSPS) is 17.1. The van der Waals surface area contributed by atoms with Gasteiger partial charge in [-0.3, -0.25) is 9.59 Å². The summed E-state index contributed by atoms with van der Waals surface area (Å²) in [4.78, 5) is 32.1. The van der Waals surface area contributed by atoms with Crippen LogP contribution in [0, 0.1) is 18.6 Å². The number of ether oxygens (including phenoxy) is 1. The second-order valence-electron chi connectivity index (χ2n) is 12.6. The van der Waals surface area contributed by atoms with Crippen molar-refractivity contribution in [1.29, 1.82) is 0 Å². The number of aromatic nitrogens is 1. The van der Waals surface area contributed by atoms with Crippen LogP contribution in [0.4, 0.5) is 22.0 Å². The third kappa shape index (κ3) is 9.17. The van der Waals surface area contributed by atoms with Crippen molar-refractivity contribution in [3.05, 3.63) is 135 Å². The minimum Gasteiger partial charge on any atom is -0.383 e. The van der Waals surface area contributed by atoms with Crippen molar-refractivity contribution in [2.24, 2.45) is 0 Å². The molecule has 1 aliphatic heterocycles. The van der Waals surface area contributed by atoms with Crippen molar-refractivity contribution in [2.75, 3.05) is 33.3 Å². The number of hydrogen-bond donors (Lipinski definition) is 0. The molecule has 1 aromatic heterocycles. The van der Waals surface area contributed by atoms with Crippen LogP contribution in [0.1, 0.15) is 47.4 Å². The first-order valence-electron chi connectivity index (χ1n) is 21.2. The summed E-state index contributed by atoms with van der Waals surface area (Å²) in [5.74, 6) is -4.03. The Labute approximate surface area is 321 Å². The second-order valence-corrected chi connectivity index (χ2v) is 13.5. The zero-order valence-electron chi connectivity index (χ0n) is 37.4. The minimum atomic E-state index is -4.53. The fraction of sp³-hybridized carbons (Fsp3) is 0.317. The highest BCUT2D eigenvalue weighted by Crippen LogP contribution is 2.32. The van der Waals surface area contributed by atoms with Crippen LogP contribution >= 0.6 is 11.8 Å². The Balaban J connectivity index is 1.43. The van der Waals surface area contributed by atoms with Crippen LogP contribution in [0.2, 0.25) is 0 Å². The number of amides is 1. The predicted molar refractivity (Wildman–Crippen MR) is 198 cm³/mol. The van der Waals surface area contributed by atoms with Gasteiger partial charge in [-0.25, -0.2) is 8.78 Å². The van der Waals surface area contributed by atoms with Gasteiger partial charge in [0.05, 0.1) is 35.0 Å². The lowest BCUT2D eigenvalue weighted by molar-refractivity contribution is -0.137. The molecule has 6 rings (SSSR count). The smallest absolute Gasteiger partial charge is 0.383 e. The molecule has 12 heteroatoms. The summed E-state index contributed by atoms with van der Waals surface area (Å²) in [6.45, 7) is -1.29. The lowest BCUT2D eigenvalue weighted by Gasteiger charge is -2.39. The van der Waals surface area contributed by atoms with Crippen LogP contribution in [0.5, 0.6) is 0 Å². The molecular weight excluding hydrogens is 710 g/mol. The first-order chi connectivity index (χ1) is 29.0. The van der Waals surface area contributed by atoms with Gasteiger partial charge in [-0.15, -0.1) is 11.8 Å². The quantitative estimate of drug-likeness (QED) is 0.0942. The highest BCUT2D eigenvalue weighted by molar-refractivity contribution is 7.98. The zero-order valence-corrected chi connectivity index (χ0v) is 29.3. The molecule has 53 heavy (non-hydrogen) atoms. The third-order valence-electron chi connectivity index (χ3n) is 9.02. The van der Waals surface area contributed by atoms with E-state index < -0.39 is 100 Å². The highest BCUT2D eigenvalue weighted by atomic mass is 32.2. The van der Waals surface area contributed by atoms with Gasteiger partial charge in [-0.2, -0.15) is 13.2 Å². The molecule has 1 amide bonds. The maximum absolute atomic E-state index is 15.1. The molecule has 0 aliphatic carbocycles. The van der Waals surface area contributed by atoms with Gasteiger partial charge in [0.2, 0.25) is 5.91 Å². The Bertz CT molecular complexity index is 2530. The molecule has 0 N–H and O–H groups in total.